The van der Waals surface area contributed by atoms with Gasteiger partial charge in [-0.3, -0.25) is 4.79 Å². The van der Waals surface area contributed by atoms with Crippen molar-refractivity contribution in [3.63, 3.8) is 0 Å². The van der Waals surface area contributed by atoms with Crippen LogP contribution in [0.3, 0.4) is 0 Å². The van der Waals surface area contributed by atoms with Crippen LogP contribution in [0.15, 0.2) is 0 Å². The summed E-state index contributed by atoms with van der Waals surface area (Å²) in [7, 11) is 3.15. The molecule has 0 radical (unpaired) electrons. The Hall–Kier alpha value is -1.41. The number of nitrogens with zero attached hydrogens (tertiary/aromatic N) is 2. The molecule has 0 unspecified atom stereocenters. The van der Waals surface area contributed by atoms with E-state index in [1.807, 2.05) is 0 Å². The Morgan fingerprint density at radius 3 is 1.41 bits per heavy atom. The van der Waals surface area contributed by atoms with E-state index in [2.05, 4.69) is 0 Å². The minimum absolute atomic E-state index is 0.0726. The van der Waals surface area contributed by atoms with E-state index in [4.69, 9.17) is 0 Å². The van der Waals surface area contributed by atoms with Crippen LogP contribution in [0.4, 0.5) is 52.7 Å². The van der Waals surface area contributed by atoms with Crippen molar-refractivity contribution in [3.8, 4) is 0 Å². The molecule has 0 aromatic heterocycles. The molecule has 0 saturated carbocycles. The molecule has 0 N–H and O–H groups in total. The molecule has 0 aromatic rings. The highest BCUT2D eigenvalue weighted by atomic mass is 19.4. The second kappa shape index (κ2) is 9.84. The van der Waals surface area contributed by atoms with E-state index < -0.39 is 60.7 Å². The monoisotopic (exact) mass is 500 g/mol. The van der Waals surface area contributed by atoms with Crippen molar-refractivity contribution in [2.75, 3.05) is 33.7 Å². The van der Waals surface area contributed by atoms with Gasteiger partial charge in [-0.25, -0.2) is 0 Å². The average Bonchev–Trinajstić information content (AvgIpc) is 2.65. The predicted molar refractivity (Wildman–Crippen MR) is 90.0 cm³/mol. The summed E-state index contributed by atoms with van der Waals surface area (Å²) in [6, 6.07) is 0. The minimum atomic E-state index is -7.59. The van der Waals surface area contributed by atoms with Gasteiger partial charge in [0.25, 0.3) is 0 Å². The van der Waals surface area contributed by atoms with Crippen molar-refractivity contribution in [1.29, 1.82) is 0 Å². The van der Waals surface area contributed by atoms with Crippen molar-refractivity contribution >= 4 is 5.91 Å². The molecule has 0 heterocycles. The van der Waals surface area contributed by atoms with Gasteiger partial charge in [0.2, 0.25) is 5.91 Å². The second-order valence-corrected chi connectivity index (χ2v) is 7.34. The smallest absolute Gasteiger partial charge is 0.342 e. The summed E-state index contributed by atoms with van der Waals surface area (Å²) < 4.78 is 163. The Morgan fingerprint density at radius 2 is 1.06 bits per heavy atom. The third-order valence-corrected chi connectivity index (χ3v) is 4.75. The zero-order valence-corrected chi connectivity index (χ0v) is 17.6. The molecule has 0 aliphatic rings. The number of hydrogen-bond acceptors (Lipinski definition) is 2. The molecule has 1 amide bonds. The lowest BCUT2D eigenvalue weighted by atomic mass is 9.89. The fourth-order valence-corrected chi connectivity index (χ4v) is 2.43. The van der Waals surface area contributed by atoms with Crippen LogP contribution in [-0.4, -0.2) is 85.0 Å². The number of halogens is 12. The van der Waals surface area contributed by atoms with Gasteiger partial charge in [0.05, 0.1) is 0 Å². The summed E-state index contributed by atoms with van der Waals surface area (Å²) in [5.41, 5.74) is 0. The highest BCUT2D eigenvalue weighted by molar-refractivity contribution is 5.76. The van der Waals surface area contributed by atoms with E-state index in [1.165, 1.54) is 6.92 Å². The van der Waals surface area contributed by atoms with Crippen LogP contribution in [-0.2, 0) is 4.79 Å². The van der Waals surface area contributed by atoms with Gasteiger partial charge in [0.1, 0.15) is 0 Å². The quantitative estimate of drug-likeness (QED) is 0.317. The van der Waals surface area contributed by atoms with Crippen LogP contribution < -0.4 is 0 Å². The third kappa shape index (κ3) is 5.38. The van der Waals surface area contributed by atoms with Crippen molar-refractivity contribution in [1.82, 2.24) is 9.80 Å². The van der Waals surface area contributed by atoms with Crippen molar-refractivity contribution < 1.29 is 57.5 Å². The number of hydrogen-bond donors (Lipinski definition) is 0. The van der Waals surface area contributed by atoms with E-state index in [0.717, 1.165) is 4.90 Å². The van der Waals surface area contributed by atoms with Crippen LogP contribution in [0.5, 0.6) is 0 Å². The first-order valence-electron chi connectivity index (χ1n) is 9.26. The van der Waals surface area contributed by atoms with Gasteiger partial charge in [0, 0.05) is 38.9 Å². The topological polar surface area (TPSA) is 23.6 Å². The normalized spacial score (nSPS) is 14.8. The summed E-state index contributed by atoms with van der Waals surface area (Å²) in [5.74, 6) is -42.7. The lowest BCUT2D eigenvalue weighted by Gasteiger charge is -2.41. The van der Waals surface area contributed by atoms with Crippen LogP contribution >= 0.6 is 0 Å². The van der Waals surface area contributed by atoms with Crippen LogP contribution in [0.2, 0.25) is 0 Å². The number of amides is 1. The van der Waals surface area contributed by atoms with Crippen LogP contribution in [0.1, 0.15) is 33.1 Å². The maximum absolute atomic E-state index is 13.9. The Bertz CT molecular complexity index is 637. The number of carbonyl (C=O) groups excluding carboxylic acids is 1. The van der Waals surface area contributed by atoms with Crippen LogP contribution in [0.25, 0.3) is 0 Å². The summed E-state index contributed by atoms with van der Waals surface area (Å²) in [4.78, 5) is 14.4. The molecule has 15 heteroatoms. The van der Waals surface area contributed by atoms with Gasteiger partial charge < -0.3 is 9.80 Å². The Labute approximate surface area is 176 Å². The molecule has 0 bridgehead atoms. The number of rotatable bonds is 13. The first-order valence-corrected chi connectivity index (χ1v) is 9.26. The molecule has 0 spiro atoms. The summed E-state index contributed by atoms with van der Waals surface area (Å²) in [5, 5.41) is 0. The Kier molecular flexibility index (Phi) is 9.40. The highest BCUT2D eigenvalue weighted by Crippen LogP contribution is 2.60. The molecular weight excluding hydrogens is 476 g/mol. The molecule has 3 nitrogen and oxygen atoms in total. The van der Waals surface area contributed by atoms with Crippen molar-refractivity contribution in [2.45, 2.75) is 68.6 Å². The standard InChI is InChI=1S/C17H24F12N2O/c1-5-12(18,19)14(22,23)16(26,27)17(28,29)15(24,25)13(20,21)8-7-11(32)31(6-2)10-9-30(3)4/h5-10H2,1-4H3. The minimum Gasteiger partial charge on any atom is -0.342 e. The van der Waals surface area contributed by atoms with E-state index >= 15 is 0 Å². The zero-order chi connectivity index (χ0) is 26.0. The fourth-order valence-electron chi connectivity index (χ4n) is 2.43. The van der Waals surface area contributed by atoms with E-state index in [1.54, 1.807) is 19.0 Å². The molecule has 0 rings (SSSR count). The Balaban J connectivity index is 5.82. The average molecular weight is 500 g/mol. The predicted octanol–water partition coefficient (Wildman–Crippen LogP) is 5.40. The highest BCUT2D eigenvalue weighted by Gasteiger charge is 2.89. The molecule has 192 valence electrons. The largest absolute Gasteiger partial charge is 0.384 e. The molecule has 0 fully saturated rings. The van der Waals surface area contributed by atoms with Crippen molar-refractivity contribution in [3.05, 3.63) is 0 Å². The lowest BCUT2D eigenvalue weighted by molar-refractivity contribution is -0.425. The maximum atomic E-state index is 13.9. The first kappa shape index (κ1) is 30.6. The first-order chi connectivity index (χ1) is 14.1. The molecule has 0 aliphatic heterocycles. The van der Waals surface area contributed by atoms with Gasteiger partial charge in [-0.1, -0.05) is 6.92 Å². The maximum Gasteiger partial charge on any atom is 0.384 e. The molecule has 0 aliphatic carbocycles. The number of alkyl halides is 12. The molecular formula is C17H24F12N2O. The van der Waals surface area contributed by atoms with Gasteiger partial charge in [-0.15, -0.1) is 0 Å². The van der Waals surface area contributed by atoms with Gasteiger partial charge in [0.15, 0.2) is 0 Å². The molecule has 0 saturated heterocycles. The fraction of sp³-hybridized carbons (Fsp3) is 0.941. The summed E-state index contributed by atoms with van der Waals surface area (Å²) >= 11 is 0. The molecule has 32 heavy (non-hydrogen) atoms. The van der Waals surface area contributed by atoms with Crippen LogP contribution in [0, 0.1) is 0 Å². The summed E-state index contributed by atoms with van der Waals surface area (Å²) in [6.45, 7) is 1.59. The third-order valence-electron chi connectivity index (χ3n) is 4.75. The zero-order valence-electron chi connectivity index (χ0n) is 17.6. The molecule has 0 atom stereocenters. The Morgan fingerprint density at radius 1 is 0.656 bits per heavy atom. The number of carbonyl (C=O) groups is 1. The summed E-state index contributed by atoms with van der Waals surface area (Å²) in [6.07, 6.45) is -6.10. The van der Waals surface area contributed by atoms with Gasteiger partial charge in [-0.05, 0) is 21.0 Å². The second-order valence-electron chi connectivity index (χ2n) is 7.34. The van der Waals surface area contributed by atoms with Crippen molar-refractivity contribution in [2.24, 2.45) is 0 Å². The lowest BCUT2D eigenvalue weighted by Crippen LogP contribution is -2.70. The van der Waals surface area contributed by atoms with E-state index in [0.29, 0.717) is 0 Å². The van der Waals surface area contributed by atoms with Gasteiger partial charge >= 0.3 is 35.5 Å². The van der Waals surface area contributed by atoms with E-state index in [-0.39, 0.29) is 26.6 Å². The van der Waals surface area contributed by atoms with Gasteiger partial charge in [-0.2, -0.15) is 52.7 Å². The SMILES string of the molecule is CCN(CCN(C)C)C(=O)CCC(F)(F)C(F)(F)C(F)(F)C(F)(F)C(F)(F)C(F)(F)CC. The number of likely N-dealkylation sites (N-methyl/N-ethyl adjacent to an activating group) is 2. The molecule has 0 aromatic carbocycles. The van der Waals surface area contributed by atoms with E-state index in [9.17, 15) is 57.5 Å².